The Labute approximate surface area is 125 Å². The summed E-state index contributed by atoms with van der Waals surface area (Å²) in [7, 11) is 0. The molecule has 4 nitrogen and oxygen atoms in total. The molecule has 1 fully saturated rings. The lowest BCUT2D eigenvalue weighted by atomic mass is 10.2. The average Bonchev–Trinajstić information content (AvgIpc) is 2.64. The molecule has 0 aromatic heterocycles. The maximum Gasteiger partial charge on any atom is 0.355 e. The molecule has 0 aliphatic carbocycles. The number of nitrogens with zero attached hydrogens (tertiary/aromatic N) is 1. The lowest BCUT2D eigenvalue weighted by Crippen LogP contribution is -2.58. The number of halogens is 4. The predicted octanol–water partition coefficient (Wildman–Crippen LogP) is 2.42. The number of hydrogen-bond donors (Lipinski definition) is 0. The number of carbonyl (C=O) groups excluding carboxylic acids is 2. The number of rotatable bonds is 2. The van der Waals surface area contributed by atoms with Gasteiger partial charge in [-0.05, 0) is 0 Å². The Hall–Kier alpha value is 0.380. The fraction of sp³-hybridized carbons (Fsp3) is 0.500. The standard InChI is InChI=1S/C8H5BrCl3NO3S/c9-4-5(14)13-3(1-17-6(4)13)7(15)16-2-8(10,11)12/h1,4,6H,2H2/t4-,6+/m0/s1. The van der Waals surface area contributed by atoms with Gasteiger partial charge in [-0.15, -0.1) is 11.8 Å². The van der Waals surface area contributed by atoms with Crippen molar-refractivity contribution < 1.29 is 14.3 Å². The predicted molar refractivity (Wildman–Crippen MR) is 70.3 cm³/mol. The summed E-state index contributed by atoms with van der Waals surface area (Å²) < 4.78 is 3.15. The lowest BCUT2D eigenvalue weighted by Gasteiger charge is -2.39. The van der Waals surface area contributed by atoms with E-state index in [-0.39, 0.29) is 28.4 Å². The van der Waals surface area contributed by atoms with Gasteiger partial charge in [0, 0.05) is 5.41 Å². The summed E-state index contributed by atoms with van der Waals surface area (Å²) in [4.78, 5) is 24.2. The van der Waals surface area contributed by atoms with E-state index in [0.717, 1.165) is 0 Å². The van der Waals surface area contributed by atoms with Crippen molar-refractivity contribution in [2.45, 2.75) is 14.0 Å². The van der Waals surface area contributed by atoms with E-state index in [1.807, 2.05) is 0 Å². The number of amides is 1. The van der Waals surface area contributed by atoms with Crippen LogP contribution in [-0.2, 0) is 14.3 Å². The first-order valence-corrected chi connectivity index (χ1v) is 7.37. The molecule has 0 unspecified atom stereocenters. The minimum absolute atomic E-state index is 0.0854. The minimum atomic E-state index is -1.65. The van der Waals surface area contributed by atoms with Crippen molar-refractivity contribution in [3.63, 3.8) is 0 Å². The molecule has 2 rings (SSSR count). The average molecular weight is 381 g/mol. The number of esters is 1. The summed E-state index contributed by atoms with van der Waals surface area (Å²) in [5.41, 5.74) is 0.190. The maximum absolute atomic E-state index is 11.6. The van der Waals surface area contributed by atoms with Crippen LogP contribution in [0.25, 0.3) is 0 Å². The second-order valence-electron chi connectivity index (χ2n) is 3.33. The van der Waals surface area contributed by atoms with Gasteiger partial charge in [0.15, 0.2) is 0 Å². The van der Waals surface area contributed by atoms with Gasteiger partial charge in [0.05, 0.1) is 0 Å². The van der Waals surface area contributed by atoms with Gasteiger partial charge < -0.3 is 4.74 Å². The highest BCUT2D eigenvalue weighted by atomic mass is 79.9. The largest absolute Gasteiger partial charge is 0.456 e. The first kappa shape index (κ1) is 13.8. The van der Waals surface area contributed by atoms with Crippen LogP contribution in [-0.4, -0.2) is 37.4 Å². The number of hydrogen-bond acceptors (Lipinski definition) is 4. The molecule has 1 amide bonds. The Bertz CT molecular complexity index is 411. The highest BCUT2D eigenvalue weighted by molar-refractivity contribution is 9.10. The zero-order chi connectivity index (χ0) is 12.8. The molecule has 0 bridgehead atoms. The van der Waals surface area contributed by atoms with Gasteiger partial charge in [0.25, 0.3) is 0 Å². The Morgan fingerprint density at radius 1 is 1.59 bits per heavy atom. The maximum atomic E-state index is 11.6. The molecule has 2 aliphatic heterocycles. The summed E-state index contributed by atoms with van der Waals surface area (Å²) in [5.74, 6) is -0.837. The Morgan fingerprint density at radius 3 is 2.82 bits per heavy atom. The van der Waals surface area contributed by atoms with Gasteiger partial charge in [-0.25, -0.2) is 4.79 Å². The van der Waals surface area contributed by atoms with Crippen molar-refractivity contribution in [3.05, 3.63) is 11.1 Å². The van der Waals surface area contributed by atoms with Gasteiger partial charge in [0.1, 0.15) is 22.5 Å². The number of ether oxygens (including phenoxy) is 1. The summed E-state index contributed by atoms with van der Waals surface area (Å²) in [6.07, 6.45) is 0. The van der Waals surface area contributed by atoms with E-state index in [0.29, 0.717) is 0 Å². The second-order valence-corrected chi connectivity index (χ2v) is 7.82. The number of β-lactam (4-membered cyclic amide) rings is 1. The molecule has 1 saturated heterocycles. The summed E-state index contributed by atoms with van der Waals surface area (Å²) >= 11 is 21.0. The lowest BCUT2D eigenvalue weighted by molar-refractivity contribution is -0.147. The van der Waals surface area contributed by atoms with Gasteiger partial charge in [-0.3, -0.25) is 9.69 Å². The van der Waals surface area contributed by atoms with E-state index in [1.165, 1.54) is 16.7 Å². The Morgan fingerprint density at radius 2 is 2.24 bits per heavy atom. The Kier molecular flexibility index (Phi) is 3.91. The van der Waals surface area contributed by atoms with Crippen LogP contribution in [0.2, 0.25) is 0 Å². The van der Waals surface area contributed by atoms with Gasteiger partial charge in [-0.1, -0.05) is 50.7 Å². The fourth-order valence-corrected chi connectivity index (χ4v) is 3.44. The van der Waals surface area contributed by atoms with E-state index in [9.17, 15) is 9.59 Å². The van der Waals surface area contributed by atoms with Crippen molar-refractivity contribution in [2.75, 3.05) is 6.61 Å². The number of thioether (sulfide) groups is 1. The summed E-state index contributed by atoms with van der Waals surface area (Å²) in [6.45, 7) is -0.358. The van der Waals surface area contributed by atoms with Crippen LogP contribution in [0.3, 0.4) is 0 Å². The van der Waals surface area contributed by atoms with Crippen LogP contribution >= 0.6 is 62.5 Å². The second kappa shape index (κ2) is 4.81. The van der Waals surface area contributed by atoms with Gasteiger partial charge >= 0.3 is 5.97 Å². The highest BCUT2D eigenvalue weighted by Crippen LogP contribution is 2.44. The molecule has 94 valence electrons. The van der Waals surface area contributed by atoms with Crippen molar-refractivity contribution in [2.24, 2.45) is 0 Å². The molecule has 0 saturated carbocycles. The molecule has 2 atom stereocenters. The van der Waals surface area contributed by atoms with Crippen LogP contribution in [0.1, 0.15) is 0 Å². The van der Waals surface area contributed by atoms with Crippen LogP contribution < -0.4 is 0 Å². The third-order valence-electron chi connectivity index (χ3n) is 2.13. The third-order valence-corrected chi connectivity index (χ3v) is 4.82. The van der Waals surface area contributed by atoms with E-state index in [1.54, 1.807) is 5.41 Å². The van der Waals surface area contributed by atoms with Crippen molar-refractivity contribution in [1.82, 2.24) is 4.90 Å². The topological polar surface area (TPSA) is 46.6 Å². The molecule has 0 aromatic rings. The van der Waals surface area contributed by atoms with Crippen molar-refractivity contribution in [1.29, 1.82) is 0 Å². The summed E-state index contributed by atoms with van der Waals surface area (Å²) in [6, 6.07) is 0. The smallest absolute Gasteiger partial charge is 0.355 e. The Balaban J connectivity index is 1.96. The van der Waals surface area contributed by atoms with Crippen LogP contribution in [0, 0.1) is 0 Å². The molecule has 2 aliphatic rings. The van der Waals surface area contributed by atoms with E-state index >= 15 is 0 Å². The SMILES string of the molecule is O=C(OCC(Cl)(Cl)Cl)C1=CS[C@@H]2[C@@H](Br)C(=O)N12. The number of fused-ring (bicyclic) bond motifs is 1. The summed E-state index contributed by atoms with van der Waals surface area (Å²) in [5, 5.41) is 1.49. The molecule has 17 heavy (non-hydrogen) atoms. The van der Waals surface area contributed by atoms with Gasteiger partial charge in [0.2, 0.25) is 9.70 Å². The first-order valence-electron chi connectivity index (χ1n) is 4.38. The van der Waals surface area contributed by atoms with E-state index < -0.39 is 9.76 Å². The first-order chi connectivity index (χ1) is 7.81. The monoisotopic (exact) mass is 379 g/mol. The number of alkyl halides is 4. The third kappa shape index (κ3) is 2.71. The quantitative estimate of drug-likeness (QED) is 0.419. The van der Waals surface area contributed by atoms with Crippen LogP contribution in [0.15, 0.2) is 11.1 Å². The van der Waals surface area contributed by atoms with Gasteiger partial charge in [-0.2, -0.15) is 0 Å². The van der Waals surface area contributed by atoms with E-state index in [4.69, 9.17) is 39.5 Å². The molecule has 2 heterocycles. The van der Waals surface area contributed by atoms with Crippen LogP contribution in [0.5, 0.6) is 0 Å². The van der Waals surface area contributed by atoms with Crippen molar-refractivity contribution >= 4 is 74.4 Å². The molecule has 0 spiro atoms. The van der Waals surface area contributed by atoms with E-state index in [2.05, 4.69) is 15.9 Å². The fourth-order valence-electron chi connectivity index (χ4n) is 1.37. The number of carbonyl (C=O) groups is 2. The molecular formula is C8H5BrCl3NO3S. The molecular weight excluding hydrogens is 376 g/mol. The molecule has 0 radical (unpaired) electrons. The highest BCUT2D eigenvalue weighted by Gasteiger charge is 2.52. The molecule has 0 N–H and O–H groups in total. The normalized spacial score (nSPS) is 27.4. The zero-order valence-electron chi connectivity index (χ0n) is 8.03. The van der Waals surface area contributed by atoms with Crippen LogP contribution in [0.4, 0.5) is 0 Å². The molecule has 9 heteroatoms. The zero-order valence-corrected chi connectivity index (χ0v) is 12.7. The van der Waals surface area contributed by atoms with Crippen molar-refractivity contribution in [3.8, 4) is 0 Å². The molecule has 0 aromatic carbocycles. The minimum Gasteiger partial charge on any atom is -0.456 e.